The summed E-state index contributed by atoms with van der Waals surface area (Å²) in [6.45, 7) is 3.03. The summed E-state index contributed by atoms with van der Waals surface area (Å²) in [5.74, 6) is 2.27. The molecule has 1 aromatic heterocycles. The maximum Gasteiger partial charge on any atom is 0.254 e. The number of benzene rings is 2. The first-order valence-corrected chi connectivity index (χ1v) is 9.53. The number of methoxy groups -OCH3 is 2. The van der Waals surface area contributed by atoms with Gasteiger partial charge in [0.25, 0.3) is 5.91 Å². The maximum atomic E-state index is 13.0. The molecule has 3 aromatic rings. The number of fused-ring (bicyclic) bond motifs is 1. The first kappa shape index (κ1) is 18.9. The van der Waals surface area contributed by atoms with Crippen LogP contribution >= 0.6 is 0 Å². The van der Waals surface area contributed by atoms with Gasteiger partial charge in [-0.05, 0) is 55.5 Å². The van der Waals surface area contributed by atoms with Crippen molar-refractivity contribution in [1.29, 1.82) is 0 Å². The molecule has 0 N–H and O–H groups in total. The van der Waals surface area contributed by atoms with E-state index in [2.05, 4.69) is 4.98 Å². The standard InChI is InChI=1S/C23H23N3O3/c1-15-24-21-12-13-26(23(27)17-6-10-19(29-3)11-7-17)14-20(21)22(25-15)16-4-8-18(28-2)9-5-16/h4-11H,12-14H2,1-3H3. The number of carbonyl (C=O) groups excluding carboxylic acids is 1. The minimum Gasteiger partial charge on any atom is -0.497 e. The Balaban J connectivity index is 1.66. The molecule has 1 aliphatic heterocycles. The van der Waals surface area contributed by atoms with Crippen LogP contribution in [0.15, 0.2) is 48.5 Å². The molecule has 0 atom stereocenters. The van der Waals surface area contributed by atoms with Gasteiger partial charge >= 0.3 is 0 Å². The van der Waals surface area contributed by atoms with Gasteiger partial charge in [0.1, 0.15) is 17.3 Å². The van der Waals surface area contributed by atoms with Crippen LogP contribution in [0.3, 0.4) is 0 Å². The molecule has 0 unspecified atom stereocenters. The second-order valence-electron chi connectivity index (χ2n) is 6.98. The van der Waals surface area contributed by atoms with Crippen molar-refractivity contribution in [2.75, 3.05) is 20.8 Å². The van der Waals surface area contributed by atoms with Crippen LogP contribution in [0.1, 0.15) is 27.4 Å². The van der Waals surface area contributed by atoms with E-state index in [4.69, 9.17) is 14.5 Å². The Morgan fingerprint density at radius 3 is 2.17 bits per heavy atom. The first-order valence-electron chi connectivity index (χ1n) is 9.53. The zero-order valence-corrected chi connectivity index (χ0v) is 16.8. The van der Waals surface area contributed by atoms with Crippen LogP contribution in [0, 0.1) is 6.92 Å². The number of carbonyl (C=O) groups is 1. The zero-order valence-electron chi connectivity index (χ0n) is 16.8. The van der Waals surface area contributed by atoms with Gasteiger partial charge in [-0.25, -0.2) is 9.97 Å². The summed E-state index contributed by atoms with van der Waals surface area (Å²) < 4.78 is 10.4. The highest BCUT2D eigenvalue weighted by Gasteiger charge is 2.26. The average Bonchev–Trinajstić information content (AvgIpc) is 2.78. The highest BCUT2D eigenvalue weighted by atomic mass is 16.5. The van der Waals surface area contributed by atoms with Crippen molar-refractivity contribution < 1.29 is 14.3 Å². The molecule has 29 heavy (non-hydrogen) atoms. The zero-order chi connectivity index (χ0) is 20.4. The van der Waals surface area contributed by atoms with Crippen LogP contribution in [0.4, 0.5) is 0 Å². The monoisotopic (exact) mass is 389 g/mol. The van der Waals surface area contributed by atoms with Gasteiger partial charge < -0.3 is 14.4 Å². The molecular weight excluding hydrogens is 366 g/mol. The predicted octanol–water partition coefficient (Wildman–Crippen LogP) is 3.67. The van der Waals surface area contributed by atoms with Gasteiger partial charge in [-0.2, -0.15) is 0 Å². The Morgan fingerprint density at radius 1 is 0.931 bits per heavy atom. The molecule has 0 fully saturated rings. The maximum absolute atomic E-state index is 13.0. The van der Waals surface area contributed by atoms with Gasteiger partial charge in [-0.1, -0.05) is 0 Å². The summed E-state index contributed by atoms with van der Waals surface area (Å²) in [5.41, 5.74) is 4.54. The number of hydrogen-bond acceptors (Lipinski definition) is 5. The lowest BCUT2D eigenvalue weighted by Crippen LogP contribution is -2.37. The smallest absolute Gasteiger partial charge is 0.254 e. The van der Waals surface area contributed by atoms with E-state index in [0.717, 1.165) is 39.8 Å². The van der Waals surface area contributed by atoms with Crippen molar-refractivity contribution >= 4 is 5.91 Å². The van der Waals surface area contributed by atoms with Crippen LogP contribution in [0.25, 0.3) is 11.3 Å². The summed E-state index contributed by atoms with van der Waals surface area (Å²) >= 11 is 0. The SMILES string of the molecule is COc1ccc(C(=O)N2CCc3nc(C)nc(-c4ccc(OC)cc4)c3C2)cc1. The lowest BCUT2D eigenvalue weighted by atomic mass is 9.98. The number of ether oxygens (including phenoxy) is 2. The van der Waals surface area contributed by atoms with E-state index in [-0.39, 0.29) is 5.91 Å². The second kappa shape index (κ2) is 7.91. The van der Waals surface area contributed by atoms with E-state index in [1.54, 1.807) is 38.5 Å². The molecule has 0 bridgehead atoms. The normalized spacial score (nSPS) is 13.0. The van der Waals surface area contributed by atoms with Gasteiger partial charge in [0.15, 0.2) is 0 Å². The van der Waals surface area contributed by atoms with Crippen LogP contribution in [-0.2, 0) is 13.0 Å². The van der Waals surface area contributed by atoms with Crippen molar-refractivity contribution in [3.8, 4) is 22.8 Å². The lowest BCUT2D eigenvalue weighted by Gasteiger charge is -2.30. The highest BCUT2D eigenvalue weighted by Crippen LogP contribution is 2.30. The van der Waals surface area contributed by atoms with Crippen LogP contribution < -0.4 is 9.47 Å². The molecule has 148 valence electrons. The Hall–Kier alpha value is -3.41. The molecule has 6 nitrogen and oxygen atoms in total. The van der Waals surface area contributed by atoms with Gasteiger partial charge in [0.2, 0.25) is 0 Å². The minimum atomic E-state index is -0.000408. The van der Waals surface area contributed by atoms with Crippen molar-refractivity contribution in [3.05, 3.63) is 71.2 Å². The van der Waals surface area contributed by atoms with Crippen molar-refractivity contribution in [3.63, 3.8) is 0 Å². The molecule has 0 saturated carbocycles. The summed E-state index contributed by atoms with van der Waals surface area (Å²) in [7, 11) is 3.26. The number of aromatic nitrogens is 2. The molecule has 0 saturated heterocycles. The number of amides is 1. The number of aryl methyl sites for hydroxylation is 1. The van der Waals surface area contributed by atoms with Crippen LogP contribution in [0.5, 0.6) is 11.5 Å². The molecule has 6 heteroatoms. The van der Waals surface area contributed by atoms with E-state index in [1.807, 2.05) is 36.1 Å². The number of nitrogens with zero attached hydrogens (tertiary/aromatic N) is 3. The van der Waals surface area contributed by atoms with Gasteiger partial charge in [-0.15, -0.1) is 0 Å². The van der Waals surface area contributed by atoms with Crippen LogP contribution in [-0.4, -0.2) is 41.5 Å². The van der Waals surface area contributed by atoms with E-state index in [0.29, 0.717) is 25.1 Å². The third kappa shape index (κ3) is 3.78. The summed E-state index contributed by atoms with van der Waals surface area (Å²) in [4.78, 5) is 24.2. The second-order valence-corrected chi connectivity index (χ2v) is 6.98. The van der Waals surface area contributed by atoms with Crippen molar-refractivity contribution in [2.24, 2.45) is 0 Å². The van der Waals surface area contributed by atoms with E-state index in [1.165, 1.54) is 0 Å². The average molecular weight is 389 g/mol. The van der Waals surface area contributed by atoms with Crippen LogP contribution in [0.2, 0.25) is 0 Å². The molecule has 0 radical (unpaired) electrons. The molecule has 2 heterocycles. The quantitative estimate of drug-likeness (QED) is 0.681. The van der Waals surface area contributed by atoms with E-state index in [9.17, 15) is 4.79 Å². The first-order chi connectivity index (χ1) is 14.1. The largest absolute Gasteiger partial charge is 0.497 e. The lowest BCUT2D eigenvalue weighted by molar-refractivity contribution is 0.0733. The Bertz CT molecular complexity index is 1030. The Kier molecular flexibility index (Phi) is 5.16. The number of rotatable bonds is 4. The topological polar surface area (TPSA) is 64.5 Å². The summed E-state index contributed by atoms with van der Waals surface area (Å²) in [6, 6.07) is 15.0. The van der Waals surface area contributed by atoms with E-state index < -0.39 is 0 Å². The Morgan fingerprint density at radius 2 is 1.55 bits per heavy atom. The molecule has 1 amide bonds. The van der Waals surface area contributed by atoms with Gasteiger partial charge in [-0.3, -0.25) is 4.79 Å². The molecule has 2 aromatic carbocycles. The van der Waals surface area contributed by atoms with Crippen molar-refractivity contribution in [2.45, 2.75) is 19.9 Å². The minimum absolute atomic E-state index is 0.000408. The molecule has 0 spiro atoms. The molecule has 0 aliphatic carbocycles. The van der Waals surface area contributed by atoms with E-state index >= 15 is 0 Å². The number of hydrogen-bond donors (Lipinski definition) is 0. The predicted molar refractivity (Wildman–Crippen MR) is 110 cm³/mol. The fraction of sp³-hybridized carbons (Fsp3) is 0.261. The highest BCUT2D eigenvalue weighted by molar-refractivity contribution is 5.94. The fourth-order valence-electron chi connectivity index (χ4n) is 3.61. The summed E-state index contributed by atoms with van der Waals surface area (Å²) in [6.07, 6.45) is 0.712. The third-order valence-corrected chi connectivity index (χ3v) is 5.16. The molecule has 4 rings (SSSR count). The Labute approximate surface area is 170 Å². The molecule has 1 aliphatic rings. The van der Waals surface area contributed by atoms with Gasteiger partial charge in [0.05, 0.1) is 25.6 Å². The fourth-order valence-corrected chi connectivity index (χ4v) is 3.61. The van der Waals surface area contributed by atoms with Gasteiger partial charge in [0, 0.05) is 36.2 Å². The third-order valence-electron chi connectivity index (χ3n) is 5.16. The molecular formula is C23H23N3O3. The van der Waals surface area contributed by atoms with Crippen molar-refractivity contribution in [1.82, 2.24) is 14.9 Å². The summed E-state index contributed by atoms with van der Waals surface area (Å²) in [5, 5.41) is 0.